The van der Waals surface area contributed by atoms with Crippen LogP contribution in [0, 0.1) is 0 Å². The fraction of sp³-hybridized carbons (Fsp3) is 0.382. The summed E-state index contributed by atoms with van der Waals surface area (Å²) in [6, 6.07) is 17.9. The molecule has 9 nitrogen and oxygen atoms in total. The largest absolute Gasteiger partial charge is 0.493 e. The number of rotatable bonds is 14. The Morgan fingerprint density at radius 1 is 0.837 bits per heavy atom. The molecule has 1 atom stereocenters. The number of nitrogens with zero attached hydrogens (tertiary/aromatic N) is 1. The molecule has 1 aliphatic heterocycles. The average Bonchev–Trinajstić information content (AvgIpc) is 3.05. The second-order valence-corrected chi connectivity index (χ2v) is 10.4. The highest BCUT2D eigenvalue weighted by molar-refractivity contribution is 5.81. The number of nitrogens with one attached hydrogen (secondary N) is 1. The quantitative estimate of drug-likeness (QED) is 0.256. The number of carbonyl (C=O) groups is 1. The molecule has 4 rings (SSSR count). The third kappa shape index (κ3) is 8.43. The minimum absolute atomic E-state index is 0.0737. The third-order valence-electron chi connectivity index (χ3n) is 7.51. The summed E-state index contributed by atoms with van der Waals surface area (Å²) in [7, 11) is 6.41. The SMILES string of the molecule is COc1ccc(/C=C\c2cc(OC)c(OC)c(OC)c2)cc1OCc1ccc(CN2CCCCC2C(=O)NCCN)cc1. The Bertz CT molecular complexity index is 1350. The summed E-state index contributed by atoms with van der Waals surface area (Å²) in [5, 5.41) is 2.95. The van der Waals surface area contributed by atoms with Crippen molar-refractivity contribution in [2.75, 3.05) is 48.1 Å². The Labute approximate surface area is 254 Å². The van der Waals surface area contributed by atoms with Crippen LogP contribution in [0.5, 0.6) is 28.7 Å². The minimum Gasteiger partial charge on any atom is -0.493 e. The number of hydrogen-bond donors (Lipinski definition) is 2. The molecular weight excluding hydrogens is 546 g/mol. The predicted octanol–water partition coefficient (Wildman–Crippen LogP) is 4.90. The number of nitrogens with two attached hydrogens (primary N) is 1. The normalized spacial score (nSPS) is 15.2. The number of amides is 1. The lowest BCUT2D eigenvalue weighted by atomic mass is 10.00. The van der Waals surface area contributed by atoms with Gasteiger partial charge in [0.25, 0.3) is 0 Å². The molecule has 1 fully saturated rings. The number of carbonyl (C=O) groups excluding carboxylic acids is 1. The highest BCUT2D eigenvalue weighted by Gasteiger charge is 2.28. The van der Waals surface area contributed by atoms with Gasteiger partial charge in [0.05, 0.1) is 34.5 Å². The summed E-state index contributed by atoms with van der Waals surface area (Å²) in [6.07, 6.45) is 7.01. The van der Waals surface area contributed by atoms with E-state index in [1.165, 1.54) is 5.56 Å². The molecule has 0 bridgehead atoms. The van der Waals surface area contributed by atoms with Crippen molar-refractivity contribution in [2.24, 2.45) is 5.73 Å². The van der Waals surface area contributed by atoms with Crippen molar-refractivity contribution in [3.8, 4) is 28.7 Å². The molecule has 1 amide bonds. The van der Waals surface area contributed by atoms with Gasteiger partial charge in [0, 0.05) is 19.6 Å². The molecule has 3 N–H and O–H groups in total. The van der Waals surface area contributed by atoms with Crippen LogP contribution in [0.1, 0.15) is 41.5 Å². The zero-order valence-electron chi connectivity index (χ0n) is 25.6. The Morgan fingerprint density at radius 3 is 2.14 bits per heavy atom. The first kappa shape index (κ1) is 31.7. The van der Waals surface area contributed by atoms with E-state index in [0.29, 0.717) is 48.4 Å². The van der Waals surface area contributed by atoms with Crippen LogP contribution in [0.2, 0.25) is 0 Å². The van der Waals surface area contributed by atoms with Crippen LogP contribution in [-0.2, 0) is 17.9 Å². The smallest absolute Gasteiger partial charge is 0.237 e. The Kier molecular flexibility index (Phi) is 11.7. The second kappa shape index (κ2) is 15.9. The number of ether oxygens (including phenoxy) is 5. The van der Waals surface area contributed by atoms with Crippen molar-refractivity contribution in [3.63, 3.8) is 0 Å². The molecule has 0 aliphatic carbocycles. The average molecular weight is 590 g/mol. The summed E-state index contributed by atoms with van der Waals surface area (Å²) < 4.78 is 28.1. The van der Waals surface area contributed by atoms with Crippen LogP contribution < -0.4 is 34.7 Å². The van der Waals surface area contributed by atoms with Gasteiger partial charge >= 0.3 is 0 Å². The minimum atomic E-state index is -0.106. The molecule has 1 heterocycles. The first-order valence-corrected chi connectivity index (χ1v) is 14.6. The van der Waals surface area contributed by atoms with Crippen LogP contribution in [0.25, 0.3) is 12.2 Å². The summed E-state index contributed by atoms with van der Waals surface area (Å²) in [6.45, 7) is 3.00. The number of likely N-dealkylation sites (tertiary alicyclic amines) is 1. The van der Waals surface area contributed by atoms with E-state index in [1.54, 1.807) is 28.4 Å². The number of piperidine rings is 1. The van der Waals surface area contributed by atoms with Crippen LogP contribution in [0.3, 0.4) is 0 Å². The van der Waals surface area contributed by atoms with E-state index < -0.39 is 0 Å². The van der Waals surface area contributed by atoms with Gasteiger partial charge in [-0.2, -0.15) is 0 Å². The second-order valence-electron chi connectivity index (χ2n) is 10.4. The van der Waals surface area contributed by atoms with Gasteiger partial charge in [-0.05, 0) is 65.9 Å². The van der Waals surface area contributed by atoms with Crippen LogP contribution in [0.4, 0.5) is 0 Å². The Hall–Kier alpha value is -4.21. The van der Waals surface area contributed by atoms with Crippen molar-refractivity contribution in [3.05, 3.63) is 76.9 Å². The fourth-order valence-corrected chi connectivity index (χ4v) is 5.23. The number of hydrogen-bond acceptors (Lipinski definition) is 8. The van der Waals surface area contributed by atoms with E-state index in [0.717, 1.165) is 49.0 Å². The van der Waals surface area contributed by atoms with Gasteiger partial charge in [0.2, 0.25) is 11.7 Å². The van der Waals surface area contributed by atoms with Gasteiger partial charge in [0.1, 0.15) is 6.61 Å². The van der Waals surface area contributed by atoms with Crippen molar-refractivity contribution >= 4 is 18.1 Å². The van der Waals surface area contributed by atoms with Gasteiger partial charge in [-0.1, -0.05) is 48.9 Å². The van der Waals surface area contributed by atoms with E-state index in [4.69, 9.17) is 29.4 Å². The zero-order chi connectivity index (χ0) is 30.6. The van der Waals surface area contributed by atoms with E-state index in [2.05, 4.69) is 34.5 Å². The molecule has 230 valence electrons. The lowest BCUT2D eigenvalue weighted by molar-refractivity contribution is -0.127. The molecule has 9 heteroatoms. The predicted molar refractivity (Wildman–Crippen MR) is 169 cm³/mol. The zero-order valence-corrected chi connectivity index (χ0v) is 25.6. The molecule has 43 heavy (non-hydrogen) atoms. The highest BCUT2D eigenvalue weighted by Crippen LogP contribution is 2.39. The van der Waals surface area contributed by atoms with Crippen molar-refractivity contribution < 1.29 is 28.5 Å². The molecule has 1 aliphatic rings. The first-order valence-electron chi connectivity index (χ1n) is 14.6. The first-order chi connectivity index (χ1) is 21.0. The van der Waals surface area contributed by atoms with Crippen molar-refractivity contribution in [1.82, 2.24) is 10.2 Å². The van der Waals surface area contributed by atoms with Gasteiger partial charge in [-0.15, -0.1) is 0 Å². The van der Waals surface area contributed by atoms with Gasteiger partial charge < -0.3 is 34.7 Å². The molecular formula is C34H43N3O6. The van der Waals surface area contributed by atoms with Gasteiger partial charge in [-0.3, -0.25) is 9.69 Å². The standard InChI is InChI=1S/C34H43N3O6/c1-39-29-15-14-24(8-13-27-20-31(40-2)33(42-4)32(21-27)41-3)19-30(29)43-23-26-11-9-25(10-12-26)22-37-18-6-5-7-28(37)34(38)36-17-16-35/h8-15,19-21,28H,5-7,16-18,22-23,35H2,1-4H3,(H,36,38)/b13-8-. The fourth-order valence-electron chi connectivity index (χ4n) is 5.23. The monoisotopic (exact) mass is 589 g/mol. The Balaban J connectivity index is 1.41. The van der Waals surface area contributed by atoms with E-state index in [-0.39, 0.29) is 11.9 Å². The molecule has 1 saturated heterocycles. The summed E-state index contributed by atoms with van der Waals surface area (Å²) in [5.41, 5.74) is 9.63. The third-order valence-corrected chi connectivity index (χ3v) is 7.51. The number of benzene rings is 3. The molecule has 0 spiro atoms. The topological polar surface area (TPSA) is 105 Å². The Morgan fingerprint density at radius 2 is 1.49 bits per heavy atom. The lowest BCUT2D eigenvalue weighted by Crippen LogP contribution is -2.49. The van der Waals surface area contributed by atoms with Crippen LogP contribution in [-0.4, -0.2) is 64.9 Å². The van der Waals surface area contributed by atoms with Crippen molar-refractivity contribution in [1.29, 1.82) is 0 Å². The molecule has 1 unspecified atom stereocenters. The molecule has 0 saturated carbocycles. The maximum atomic E-state index is 12.6. The van der Waals surface area contributed by atoms with Gasteiger partial charge in [-0.25, -0.2) is 0 Å². The van der Waals surface area contributed by atoms with Crippen LogP contribution >= 0.6 is 0 Å². The van der Waals surface area contributed by atoms with E-state index in [9.17, 15) is 4.79 Å². The van der Waals surface area contributed by atoms with Crippen molar-refractivity contribution in [2.45, 2.75) is 38.5 Å². The van der Waals surface area contributed by atoms with Crippen LogP contribution in [0.15, 0.2) is 54.6 Å². The highest BCUT2D eigenvalue weighted by atomic mass is 16.5. The maximum Gasteiger partial charge on any atom is 0.237 e. The molecule has 3 aromatic carbocycles. The van der Waals surface area contributed by atoms with Gasteiger partial charge in [0.15, 0.2) is 23.0 Å². The molecule has 0 aromatic heterocycles. The van der Waals surface area contributed by atoms with E-state index in [1.807, 2.05) is 42.5 Å². The summed E-state index contributed by atoms with van der Waals surface area (Å²) in [4.78, 5) is 14.9. The number of methoxy groups -OCH3 is 4. The van der Waals surface area contributed by atoms with E-state index >= 15 is 0 Å². The molecule has 3 aromatic rings. The maximum absolute atomic E-state index is 12.6. The lowest BCUT2D eigenvalue weighted by Gasteiger charge is -2.34. The summed E-state index contributed by atoms with van der Waals surface area (Å²) in [5.74, 6) is 3.12. The molecule has 0 radical (unpaired) electrons. The summed E-state index contributed by atoms with van der Waals surface area (Å²) >= 11 is 0.